The molecule has 2 nitrogen and oxygen atoms in total. The van der Waals surface area contributed by atoms with Gasteiger partial charge in [0.25, 0.3) is 8.32 Å². The van der Waals surface area contributed by atoms with E-state index in [9.17, 15) is 5.11 Å². The Kier molecular flexibility index (Phi) is 7.21. The maximum Gasteiger partial charge on any atom is 0.261 e. The minimum Gasteiger partial charge on any atom is -0.407 e. The van der Waals surface area contributed by atoms with Crippen LogP contribution in [0, 0.1) is 0 Å². The first-order valence-corrected chi connectivity index (χ1v) is 11.7. The summed E-state index contributed by atoms with van der Waals surface area (Å²) in [5.41, 5.74) is -0.737. The maximum absolute atomic E-state index is 10.7. The number of hydrogen-bond acceptors (Lipinski definition) is 2. The average molecular weight is 383 g/mol. The van der Waals surface area contributed by atoms with Crippen LogP contribution < -0.4 is 10.4 Å². The van der Waals surface area contributed by atoms with Gasteiger partial charge in [0.05, 0.1) is 5.60 Å². The van der Waals surface area contributed by atoms with Crippen LogP contribution in [0.25, 0.3) is 0 Å². The van der Waals surface area contributed by atoms with E-state index >= 15 is 0 Å². The first-order chi connectivity index (χ1) is 12.7. The molecule has 0 bridgehead atoms. The molecule has 0 saturated heterocycles. The van der Waals surface area contributed by atoms with E-state index in [1.165, 1.54) is 10.4 Å². The fourth-order valence-corrected chi connectivity index (χ4v) is 8.29. The third-order valence-electron chi connectivity index (χ3n) is 5.26. The van der Waals surface area contributed by atoms with Crippen LogP contribution in [-0.2, 0) is 4.43 Å². The molecular weight excluding hydrogens is 348 g/mol. The van der Waals surface area contributed by atoms with Crippen molar-refractivity contribution in [3.63, 3.8) is 0 Å². The van der Waals surface area contributed by atoms with Gasteiger partial charge in [-0.15, -0.1) is 6.58 Å². The zero-order valence-electron chi connectivity index (χ0n) is 17.2. The monoisotopic (exact) mass is 382 g/mol. The molecule has 0 aromatic heterocycles. The van der Waals surface area contributed by atoms with Crippen molar-refractivity contribution < 1.29 is 9.53 Å². The summed E-state index contributed by atoms with van der Waals surface area (Å²) in [7, 11) is -2.51. The van der Waals surface area contributed by atoms with Gasteiger partial charge >= 0.3 is 0 Å². The Balaban J connectivity index is 2.39. The molecule has 2 rings (SSSR count). The van der Waals surface area contributed by atoms with Gasteiger partial charge in [-0.1, -0.05) is 87.5 Å². The second-order valence-corrected chi connectivity index (χ2v) is 12.9. The van der Waals surface area contributed by atoms with E-state index in [0.717, 1.165) is 6.42 Å². The molecule has 1 unspecified atom stereocenters. The summed E-state index contributed by atoms with van der Waals surface area (Å²) in [6.45, 7) is 13.0. The van der Waals surface area contributed by atoms with Gasteiger partial charge in [0.2, 0.25) is 0 Å². The minimum atomic E-state index is -2.51. The quantitative estimate of drug-likeness (QED) is 0.504. The second kappa shape index (κ2) is 9.00. The van der Waals surface area contributed by atoms with Crippen molar-refractivity contribution in [2.45, 2.75) is 57.6 Å². The highest BCUT2D eigenvalue weighted by molar-refractivity contribution is 6.99. The molecule has 0 radical (unpaired) electrons. The van der Waals surface area contributed by atoms with E-state index in [4.69, 9.17) is 4.43 Å². The van der Waals surface area contributed by atoms with Crippen LogP contribution in [0.5, 0.6) is 0 Å². The highest BCUT2D eigenvalue weighted by atomic mass is 28.4. The lowest BCUT2D eigenvalue weighted by Crippen LogP contribution is -2.66. The van der Waals surface area contributed by atoms with E-state index in [0.29, 0.717) is 19.4 Å². The van der Waals surface area contributed by atoms with Crippen LogP contribution in [0.1, 0.15) is 47.0 Å². The van der Waals surface area contributed by atoms with E-state index in [-0.39, 0.29) is 5.04 Å². The molecule has 0 amide bonds. The number of benzene rings is 2. The summed E-state index contributed by atoms with van der Waals surface area (Å²) in [6.07, 6.45) is 4.00. The van der Waals surface area contributed by atoms with E-state index in [1.807, 2.05) is 13.0 Å². The third-order valence-corrected chi connectivity index (χ3v) is 10.3. The van der Waals surface area contributed by atoms with Gasteiger partial charge in [0.15, 0.2) is 0 Å². The third kappa shape index (κ3) is 5.19. The molecule has 27 heavy (non-hydrogen) atoms. The molecule has 0 aliphatic carbocycles. The molecule has 2 aromatic carbocycles. The number of rotatable bonds is 9. The predicted octanol–water partition coefficient (Wildman–Crippen LogP) is 4.67. The van der Waals surface area contributed by atoms with Gasteiger partial charge in [-0.05, 0) is 41.6 Å². The van der Waals surface area contributed by atoms with Crippen LogP contribution in [0.3, 0.4) is 0 Å². The average Bonchev–Trinajstić information content (AvgIpc) is 2.64. The molecule has 1 N–H and O–H groups in total. The first kappa shape index (κ1) is 21.6. The summed E-state index contributed by atoms with van der Waals surface area (Å²) >= 11 is 0. The van der Waals surface area contributed by atoms with E-state index in [1.54, 1.807) is 0 Å². The Morgan fingerprint density at radius 3 is 1.78 bits per heavy atom. The van der Waals surface area contributed by atoms with Gasteiger partial charge in [-0.2, -0.15) is 0 Å². The van der Waals surface area contributed by atoms with E-state index in [2.05, 4.69) is 88.0 Å². The van der Waals surface area contributed by atoms with Crippen molar-refractivity contribution in [2.24, 2.45) is 0 Å². The van der Waals surface area contributed by atoms with Crippen LogP contribution in [-0.4, -0.2) is 25.6 Å². The van der Waals surface area contributed by atoms with Crippen molar-refractivity contribution in [1.82, 2.24) is 0 Å². The Bertz CT molecular complexity index is 663. The molecule has 2 aromatic rings. The molecule has 0 aliphatic heterocycles. The van der Waals surface area contributed by atoms with Crippen molar-refractivity contribution in [3.8, 4) is 0 Å². The maximum atomic E-state index is 10.7. The molecule has 0 heterocycles. The number of allylic oxidation sites excluding steroid dienone is 1. The van der Waals surface area contributed by atoms with Crippen LogP contribution >= 0.6 is 0 Å². The van der Waals surface area contributed by atoms with E-state index < -0.39 is 13.9 Å². The fourth-order valence-electron chi connectivity index (χ4n) is 3.72. The Labute approximate surface area is 166 Å². The smallest absolute Gasteiger partial charge is 0.261 e. The minimum absolute atomic E-state index is 0.0390. The molecule has 1 atom stereocenters. The predicted molar refractivity (Wildman–Crippen MR) is 118 cm³/mol. The van der Waals surface area contributed by atoms with Crippen molar-refractivity contribution in [2.75, 3.05) is 6.61 Å². The summed E-state index contributed by atoms with van der Waals surface area (Å²) in [5.74, 6) is 0. The molecule has 146 valence electrons. The summed E-state index contributed by atoms with van der Waals surface area (Å²) < 4.78 is 6.84. The van der Waals surface area contributed by atoms with Gasteiger partial charge in [0.1, 0.15) is 0 Å². The van der Waals surface area contributed by atoms with Crippen LogP contribution in [0.2, 0.25) is 5.04 Å². The van der Waals surface area contributed by atoms with Gasteiger partial charge in [-0.25, -0.2) is 0 Å². The lowest BCUT2D eigenvalue weighted by atomic mass is 9.97. The van der Waals surface area contributed by atoms with Crippen molar-refractivity contribution in [3.05, 3.63) is 73.3 Å². The standard InChI is InChI=1S/C24H34O2Si/c1-6-7-18-24(5,25)19-20-26-27(23(2,3)4,21-14-10-8-11-15-21)22-16-12-9-13-17-22/h6,8-17,25H,1,7,18-20H2,2-5H3. The summed E-state index contributed by atoms with van der Waals surface area (Å²) in [6, 6.07) is 21.3. The highest BCUT2D eigenvalue weighted by Gasteiger charge is 2.50. The highest BCUT2D eigenvalue weighted by Crippen LogP contribution is 2.37. The lowest BCUT2D eigenvalue weighted by Gasteiger charge is -2.43. The Morgan fingerprint density at radius 1 is 0.889 bits per heavy atom. The fraction of sp³-hybridized carbons (Fsp3) is 0.417. The largest absolute Gasteiger partial charge is 0.407 e. The number of hydrogen-bond donors (Lipinski definition) is 1. The molecule has 0 aliphatic rings. The zero-order chi connectivity index (χ0) is 20.0. The lowest BCUT2D eigenvalue weighted by molar-refractivity contribution is 0.0285. The zero-order valence-corrected chi connectivity index (χ0v) is 18.2. The number of aliphatic hydroxyl groups is 1. The normalized spacial score (nSPS) is 14.6. The second-order valence-electron chi connectivity index (χ2n) is 8.59. The van der Waals surface area contributed by atoms with Crippen molar-refractivity contribution >= 4 is 18.7 Å². The SMILES string of the molecule is C=CCCC(C)(O)CCO[Si](c1ccccc1)(c1ccccc1)C(C)(C)C. The summed E-state index contributed by atoms with van der Waals surface area (Å²) in [4.78, 5) is 0. The topological polar surface area (TPSA) is 29.5 Å². The van der Waals surface area contributed by atoms with Crippen LogP contribution in [0.4, 0.5) is 0 Å². The molecule has 0 saturated carbocycles. The molecular formula is C24H34O2Si. The molecule has 0 fully saturated rings. The Hall–Kier alpha value is -1.68. The summed E-state index contributed by atoms with van der Waals surface area (Å²) in [5, 5.41) is 13.2. The molecule has 3 heteroatoms. The molecule has 0 spiro atoms. The van der Waals surface area contributed by atoms with Gasteiger partial charge in [0, 0.05) is 6.61 Å². The van der Waals surface area contributed by atoms with Gasteiger partial charge < -0.3 is 9.53 Å². The van der Waals surface area contributed by atoms with Crippen molar-refractivity contribution in [1.29, 1.82) is 0 Å². The Morgan fingerprint density at radius 2 is 1.37 bits per heavy atom. The first-order valence-electron chi connectivity index (χ1n) is 9.81. The van der Waals surface area contributed by atoms with Gasteiger partial charge in [-0.3, -0.25) is 0 Å². The van der Waals surface area contributed by atoms with Crippen LogP contribution in [0.15, 0.2) is 73.3 Å².